The highest BCUT2D eigenvalue weighted by Crippen LogP contribution is 2.46. The molecule has 0 radical (unpaired) electrons. The third-order valence-electron chi connectivity index (χ3n) is 6.06. The third kappa shape index (κ3) is 4.03. The molecule has 3 N–H and O–H groups in total. The van der Waals surface area contributed by atoms with Crippen LogP contribution in [0.1, 0.15) is 47.7 Å². The number of ether oxygens (including phenoxy) is 1. The summed E-state index contributed by atoms with van der Waals surface area (Å²) < 4.78 is 7.42. The van der Waals surface area contributed by atoms with Gasteiger partial charge in [-0.1, -0.05) is 30.3 Å². The number of carbonyl (C=O) groups is 1. The summed E-state index contributed by atoms with van der Waals surface area (Å²) in [5.41, 5.74) is 8.07. The van der Waals surface area contributed by atoms with Gasteiger partial charge in [-0.25, -0.2) is 4.98 Å². The summed E-state index contributed by atoms with van der Waals surface area (Å²) in [7, 11) is 0. The van der Waals surface area contributed by atoms with Gasteiger partial charge in [0.25, 0.3) is 5.56 Å². The monoisotopic (exact) mass is 432 g/mol. The highest BCUT2D eigenvalue weighted by Gasteiger charge is 2.41. The zero-order chi connectivity index (χ0) is 22.7. The van der Waals surface area contributed by atoms with E-state index in [4.69, 9.17) is 10.5 Å². The van der Waals surface area contributed by atoms with Gasteiger partial charge in [0, 0.05) is 30.1 Å². The van der Waals surface area contributed by atoms with Crippen molar-refractivity contribution < 1.29 is 9.53 Å². The molecule has 7 heteroatoms. The Morgan fingerprint density at radius 1 is 1.25 bits per heavy atom. The van der Waals surface area contributed by atoms with E-state index >= 15 is 0 Å². The van der Waals surface area contributed by atoms with Crippen LogP contribution in [0.15, 0.2) is 59.7 Å². The molecule has 0 amide bonds. The lowest BCUT2D eigenvalue weighted by Gasteiger charge is -2.44. The van der Waals surface area contributed by atoms with E-state index in [1.54, 1.807) is 29.1 Å². The lowest BCUT2D eigenvalue weighted by molar-refractivity contribution is 0.101. The van der Waals surface area contributed by atoms with Crippen LogP contribution in [0.4, 0.5) is 5.82 Å². The van der Waals surface area contributed by atoms with Gasteiger partial charge in [0.15, 0.2) is 11.6 Å². The van der Waals surface area contributed by atoms with Crippen molar-refractivity contribution in [3.8, 4) is 11.4 Å². The Hall–Kier alpha value is -3.45. The predicted octanol–water partition coefficient (Wildman–Crippen LogP) is 3.57. The summed E-state index contributed by atoms with van der Waals surface area (Å²) >= 11 is 0. The van der Waals surface area contributed by atoms with Crippen molar-refractivity contribution in [2.75, 3.05) is 18.5 Å². The minimum Gasteiger partial charge on any atom is -0.492 e. The minimum atomic E-state index is -0.424. The van der Waals surface area contributed by atoms with E-state index in [1.165, 1.54) is 6.92 Å². The van der Waals surface area contributed by atoms with Crippen LogP contribution < -0.4 is 21.3 Å². The highest BCUT2D eigenvalue weighted by molar-refractivity contribution is 5.94. The Kier molecular flexibility index (Phi) is 6.10. The van der Waals surface area contributed by atoms with Crippen LogP contribution in [0, 0.1) is 6.92 Å². The lowest BCUT2D eigenvalue weighted by Crippen LogP contribution is -2.44. The quantitative estimate of drug-likeness (QED) is 0.528. The van der Waals surface area contributed by atoms with Crippen LogP contribution in [0.2, 0.25) is 0 Å². The van der Waals surface area contributed by atoms with Crippen LogP contribution in [-0.4, -0.2) is 28.5 Å². The first-order chi connectivity index (χ1) is 15.4. The van der Waals surface area contributed by atoms with Gasteiger partial charge in [-0.05, 0) is 50.8 Å². The van der Waals surface area contributed by atoms with E-state index in [9.17, 15) is 9.59 Å². The van der Waals surface area contributed by atoms with Crippen LogP contribution in [-0.2, 0) is 5.54 Å². The van der Waals surface area contributed by atoms with Crippen molar-refractivity contribution in [1.29, 1.82) is 0 Å². The maximum Gasteiger partial charge on any atom is 0.297 e. The summed E-state index contributed by atoms with van der Waals surface area (Å²) in [4.78, 5) is 29.6. The molecular weight excluding hydrogens is 404 g/mol. The van der Waals surface area contributed by atoms with Crippen LogP contribution in [0.25, 0.3) is 5.69 Å². The minimum absolute atomic E-state index is 0.0470. The van der Waals surface area contributed by atoms with Crippen molar-refractivity contribution in [1.82, 2.24) is 9.55 Å². The number of hydrogen-bond acceptors (Lipinski definition) is 6. The van der Waals surface area contributed by atoms with E-state index in [1.807, 2.05) is 37.3 Å². The summed E-state index contributed by atoms with van der Waals surface area (Å²) in [5.74, 6) is 0.995. The number of nitrogens with zero attached hydrogens (tertiary/aromatic N) is 2. The van der Waals surface area contributed by atoms with E-state index in [0.717, 1.165) is 36.1 Å². The normalized spacial score (nSPS) is 14.5. The standard InChI is InChI=1S/C25H28N4O3/c1-17-8-9-19(18(2)30)16-21(17)29-14-13-27-23(24(29)31)28-25(10-5-11-25)20-6-3-4-7-22(20)32-15-12-26/h3-4,6-9,13-14,16H,5,10-12,15,26H2,1-2H3,(H,27,28). The molecule has 4 rings (SSSR count). The molecule has 0 atom stereocenters. The fourth-order valence-electron chi connectivity index (χ4n) is 4.15. The van der Waals surface area contributed by atoms with Crippen molar-refractivity contribution in [2.24, 2.45) is 5.73 Å². The van der Waals surface area contributed by atoms with Gasteiger partial charge < -0.3 is 15.8 Å². The molecule has 0 unspecified atom stereocenters. The maximum absolute atomic E-state index is 13.4. The summed E-state index contributed by atoms with van der Waals surface area (Å²) in [6.45, 7) is 4.28. The second-order valence-corrected chi connectivity index (χ2v) is 8.20. The number of aromatic nitrogens is 2. The number of anilines is 1. The van der Waals surface area contributed by atoms with E-state index < -0.39 is 5.54 Å². The number of nitrogens with two attached hydrogens (primary N) is 1. The Balaban J connectivity index is 1.73. The smallest absolute Gasteiger partial charge is 0.297 e. The first kappa shape index (κ1) is 21.8. The Bertz CT molecular complexity index is 1200. The summed E-state index contributed by atoms with van der Waals surface area (Å²) in [6, 6.07) is 13.2. The molecule has 1 aromatic heterocycles. The molecule has 0 saturated heterocycles. The van der Waals surface area contributed by atoms with E-state index in [2.05, 4.69) is 10.3 Å². The molecule has 1 saturated carbocycles. The molecule has 0 bridgehead atoms. The van der Waals surface area contributed by atoms with E-state index in [0.29, 0.717) is 24.4 Å². The molecule has 3 aromatic rings. The molecule has 32 heavy (non-hydrogen) atoms. The zero-order valence-electron chi connectivity index (χ0n) is 18.4. The van der Waals surface area contributed by atoms with Gasteiger partial charge in [0.1, 0.15) is 12.4 Å². The molecule has 1 aliphatic rings. The van der Waals surface area contributed by atoms with E-state index in [-0.39, 0.29) is 17.2 Å². The number of Topliss-reactive ketones (excluding diaryl/α,β-unsaturated/α-hetero) is 1. The molecule has 2 aromatic carbocycles. The molecule has 7 nitrogen and oxygen atoms in total. The molecule has 1 fully saturated rings. The molecular formula is C25H28N4O3. The number of rotatable bonds is 8. The summed E-state index contributed by atoms with van der Waals surface area (Å²) in [6.07, 6.45) is 6.01. The van der Waals surface area contributed by atoms with Gasteiger partial charge >= 0.3 is 0 Å². The topological polar surface area (TPSA) is 99.2 Å². The summed E-state index contributed by atoms with van der Waals surface area (Å²) in [5, 5.41) is 3.44. The van der Waals surface area contributed by atoms with Gasteiger partial charge in [0.2, 0.25) is 0 Å². The van der Waals surface area contributed by atoms with Gasteiger partial charge in [0.05, 0.1) is 11.2 Å². The Morgan fingerprint density at radius 3 is 2.72 bits per heavy atom. The maximum atomic E-state index is 13.4. The zero-order valence-corrected chi connectivity index (χ0v) is 18.4. The Morgan fingerprint density at radius 2 is 2.03 bits per heavy atom. The van der Waals surface area contributed by atoms with Gasteiger partial charge in [-0.15, -0.1) is 0 Å². The number of aryl methyl sites for hydroxylation is 1. The number of benzene rings is 2. The third-order valence-corrected chi connectivity index (χ3v) is 6.06. The van der Waals surface area contributed by atoms with Crippen LogP contribution in [0.3, 0.4) is 0 Å². The number of para-hydroxylation sites is 1. The number of hydrogen-bond donors (Lipinski definition) is 2. The lowest BCUT2D eigenvalue weighted by atomic mass is 9.71. The fourth-order valence-corrected chi connectivity index (χ4v) is 4.15. The highest BCUT2D eigenvalue weighted by atomic mass is 16.5. The first-order valence-electron chi connectivity index (χ1n) is 10.9. The molecule has 0 aliphatic heterocycles. The largest absolute Gasteiger partial charge is 0.492 e. The average molecular weight is 433 g/mol. The molecule has 0 spiro atoms. The average Bonchev–Trinajstić information content (AvgIpc) is 2.76. The van der Waals surface area contributed by atoms with Crippen molar-refractivity contribution in [3.05, 3.63) is 81.9 Å². The first-order valence-corrected chi connectivity index (χ1v) is 10.9. The molecule has 1 aliphatic carbocycles. The number of carbonyl (C=O) groups excluding carboxylic acids is 1. The van der Waals surface area contributed by atoms with Crippen molar-refractivity contribution in [2.45, 2.75) is 38.6 Å². The molecule has 1 heterocycles. The van der Waals surface area contributed by atoms with Crippen LogP contribution in [0.5, 0.6) is 5.75 Å². The van der Waals surface area contributed by atoms with Gasteiger partial charge in [-0.2, -0.15) is 0 Å². The number of ketones is 1. The van der Waals surface area contributed by atoms with Crippen LogP contribution >= 0.6 is 0 Å². The Labute approximate surface area is 187 Å². The molecule has 166 valence electrons. The number of nitrogens with one attached hydrogen (secondary N) is 1. The van der Waals surface area contributed by atoms with Crippen molar-refractivity contribution >= 4 is 11.6 Å². The SMILES string of the molecule is CC(=O)c1ccc(C)c(-n2ccnc(NC3(c4ccccc4OCCN)CCC3)c2=O)c1. The fraction of sp³-hybridized carbons (Fsp3) is 0.320. The van der Waals surface area contributed by atoms with Gasteiger partial charge in [-0.3, -0.25) is 14.2 Å². The second-order valence-electron chi connectivity index (χ2n) is 8.20. The van der Waals surface area contributed by atoms with Crippen molar-refractivity contribution in [3.63, 3.8) is 0 Å². The predicted molar refractivity (Wildman–Crippen MR) is 125 cm³/mol. The second kappa shape index (κ2) is 8.96.